The van der Waals surface area contributed by atoms with Gasteiger partial charge in [0.15, 0.2) is 6.04 Å². The SMILES string of the molecule is Cc1ccc([C@@H](C(=O)NCc2ccco2)N(C(=O)Cn2nnc3ccccc32)c2ccccc2F)o1. The van der Waals surface area contributed by atoms with Crippen molar-refractivity contribution in [1.29, 1.82) is 0 Å². The number of anilines is 1. The highest BCUT2D eigenvalue weighted by molar-refractivity contribution is 6.01. The van der Waals surface area contributed by atoms with E-state index >= 15 is 4.39 Å². The lowest BCUT2D eigenvalue weighted by Gasteiger charge is -2.30. The van der Waals surface area contributed by atoms with Crippen LogP contribution in [-0.4, -0.2) is 26.8 Å². The van der Waals surface area contributed by atoms with Gasteiger partial charge in [-0.2, -0.15) is 0 Å². The van der Waals surface area contributed by atoms with E-state index in [9.17, 15) is 9.59 Å². The molecule has 0 aliphatic heterocycles. The summed E-state index contributed by atoms with van der Waals surface area (Å²) in [6.07, 6.45) is 1.49. The first kappa shape index (κ1) is 23.0. The van der Waals surface area contributed by atoms with Crippen LogP contribution in [-0.2, 0) is 22.7 Å². The third kappa shape index (κ3) is 4.61. The molecule has 182 valence electrons. The zero-order chi connectivity index (χ0) is 25.1. The zero-order valence-corrected chi connectivity index (χ0v) is 19.3. The molecule has 0 saturated carbocycles. The van der Waals surface area contributed by atoms with Crippen molar-refractivity contribution in [2.75, 3.05) is 4.90 Å². The molecule has 0 unspecified atom stereocenters. The summed E-state index contributed by atoms with van der Waals surface area (Å²) in [5.74, 6) is -0.567. The number of hydrogen-bond acceptors (Lipinski definition) is 6. The smallest absolute Gasteiger partial charge is 0.251 e. The van der Waals surface area contributed by atoms with Crippen molar-refractivity contribution in [3.63, 3.8) is 0 Å². The largest absolute Gasteiger partial charge is 0.467 e. The number of carbonyl (C=O) groups is 2. The van der Waals surface area contributed by atoms with Gasteiger partial charge in [0.2, 0.25) is 5.91 Å². The van der Waals surface area contributed by atoms with Gasteiger partial charge in [0.05, 0.1) is 24.0 Å². The average Bonchev–Trinajstić information content (AvgIpc) is 3.64. The van der Waals surface area contributed by atoms with Crippen LogP contribution in [0.15, 0.2) is 87.9 Å². The number of benzene rings is 2. The third-order valence-corrected chi connectivity index (χ3v) is 5.64. The Balaban J connectivity index is 1.55. The molecule has 1 N–H and O–H groups in total. The summed E-state index contributed by atoms with van der Waals surface area (Å²) in [5.41, 5.74) is 1.17. The molecule has 10 heteroatoms. The Hall–Kier alpha value is -4.73. The van der Waals surface area contributed by atoms with Crippen molar-refractivity contribution in [3.05, 3.63) is 102 Å². The molecule has 3 aromatic heterocycles. The van der Waals surface area contributed by atoms with E-state index in [1.807, 2.05) is 6.07 Å². The second-order valence-corrected chi connectivity index (χ2v) is 8.10. The quantitative estimate of drug-likeness (QED) is 0.352. The van der Waals surface area contributed by atoms with Crippen molar-refractivity contribution in [1.82, 2.24) is 20.3 Å². The van der Waals surface area contributed by atoms with Crippen LogP contribution in [0.3, 0.4) is 0 Å². The van der Waals surface area contributed by atoms with Gasteiger partial charge in [0.25, 0.3) is 5.91 Å². The molecule has 0 aliphatic rings. The standard InChI is InChI=1S/C26H22FN5O4/c1-17-12-13-23(36-17)25(26(34)28-15-18-7-6-14-35-18)32(21-10-4-2-8-19(21)27)24(33)16-31-22-11-5-3-9-20(22)29-30-31/h2-14,25H,15-16H2,1H3,(H,28,34)/t25-/m0/s1. The second-order valence-electron chi connectivity index (χ2n) is 8.10. The predicted molar refractivity (Wildman–Crippen MR) is 128 cm³/mol. The third-order valence-electron chi connectivity index (χ3n) is 5.64. The Bertz CT molecular complexity index is 1510. The fraction of sp³-hybridized carbons (Fsp3) is 0.154. The Morgan fingerprint density at radius 1 is 1.06 bits per heavy atom. The van der Waals surface area contributed by atoms with Crippen LogP contribution in [0.4, 0.5) is 10.1 Å². The molecule has 5 rings (SSSR count). The van der Waals surface area contributed by atoms with E-state index in [-0.39, 0.29) is 24.5 Å². The fourth-order valence-corrected chi connectivity index (χ4v) is 3.96. The van der Waals surface area contributed by atoms with Crippen molar-refractivity contribution in [2.45, 2.75) is 26.1 Å². The first-order valence-electron chi connectivity index (χ1n) is 11.2. The summed E-state index contributed by atoms with van der Waals surface area (Å²) in [6.45, 7) is 1.52. The van der Waals surface area contributed by atoms with Gasteiger partial charge < -0.3 is 14.2 Å². The van der Waals surface area contributed by atoms with E-state index in [4.69, 9.17) is 8.83 Å². The molecule has 5 aromatic rings. The van der Waals surface area contributed by atoms with Crippen LogP contribution in [0.25, 0.3) is 11.0 Å². The normalized spacial score (nSPS) is 11.9. The number of furan rings is 2. The van der Waals surface area contributed by atoms with Crippen LogP contribution in [0.1, 0.15) is 23.3 Å². The number of hydrogen-bond donors (Lipinski definition) is 1. The van der Waals surface area contributed by atoms with Crippen LogP contribution in [0.5, 0.6) is 0 Å². The van der Waals surface area contributed by atoms with E-state index in [0.29, 0.717) is 22.6 Å². The molecule has 9 nitrogen and oxygen atoms in total. The number of halogens is 1. The van der Waals surface area contributed by atoms with E-state index in [1.54, 1.807) is 55.5 Å². The lowest BCUT2D eigenvalue weighted by molar-refractivity contribution is -0.127. The lowest BCUT2D eigenvalue weighted by atomic mass is 10.1. The molecule has 36 heavy (non-hydrogen) atoms. The molecule has 3 heterocycles. The van der Waals surface area contributed by atoms with Gasteiger partial charge in [-0.25, -0.2) is 9.07 Å². The molecule has 0 aliphatic carbocycles. The number of amides is 2. The number of para-hydroxylation sites is 2. The second kappa shape index (κ2) is 9.87. The first-order valence-corrected chi connectivity index (χ1v) is 11.2. The van der Waals surface area contributed by atoms with E-state index in [1.165, 1.54) is 29.1 Å². The Kier molecular flexibility index (Phi) is 6.31. The summed E-state index contributed by atoms with van der Waals surface area (Å²) >= 11 is 0. The highest BCUT2D eigenvalue weighted by atomic mass is 19.1. The van der Waals surface area contributed by atoms with Crippen LogP contribution < -0.4 is 10.2 Å². The number of carbonyl (C=O) groups excluding carboxylic acids is 2. The number of nitrogens with zero attached hydrogens (tertiary/aromatic N) is 4. The minimum absolute atomic E-state index is 0.0703. The van der Waals surface area contributed by atoms with Gasteiger partial charge in [-0.3, -0.25) is 14.5 Å². The van der Waals surface area contributed by atoms with Gasteiger partial charge in [-0.1, -0.05) is 29.5 Å². The van der Waals surface area contributed by atoms with E-state index in [0.717, 1.165) is 4.90 Å². The van der Waals surface area contributed by atoms with Gasteiger partial charge >= 0.3 is 0 Å². The number of rotatable bonds is 8. The lowest BCUT2D eigenvalue weighted by Crippen LogP contribution is -2.45. The monoisotopic (exact) mass is 487 g/mol. The van der Waals surface area contributed by atoms with Crippen molar-refractivity contribution >= 4 is 28.5 Å². The van der Waals surface area contributed by atoms with Crippen molar-refractivity contribution in [2.24, 2.45) is 0 Å². The van der Waals surface area contributed by atoms with Gasteiger partial charge in [0.1, 0.15) is 35.2 Å². The predicted octanol–water partition coefficient (Wildman–Crippen LogP) is 4.16. The molecule has 0 spiro atoms. The van der Waals surface area contributed by atoms with Gasteiger partial charge in [-0.15, -0.1) is 5.10 Å². The number of nitrogens with one attached hydrogen (secondary N) is 1. The Morgan fingerprint density at radius 2 is 1.86 bits per heavy atom. The fourth-order valence-electron chi connectivity index (χ4n) is 3.96. The van der Waals surface area contributed by atoms with Crippen molar-refractivity contribution in [3.8, 4) is 0 Å². The molecular formula is C26H22FN5O4. The van der Waals surface area contributed by atoms with Gasteiger partial charge in [0, 0.05) is 0 Å². The Labute approximate surface area is 205 Å². The minimum atomic E-state index is -1.30. The number of fused-ring (bicyclic) bond motifs is 1. The van der Waals surface area contributed by atoms with Crippen LogP contribution in [0, 0.1) is 12.7 Å². The van der Waals surface area contributed by atoms with Crippen LogP contribution in [0.2, 0.25) is 0 Å². The summed E-state index contributed by atoms with van der Waals surface area (Å²) < 4.78 is 27.6. The van der Waals surface area contributed by atoms with Crippen molar-refractivity contribution < 1.29 is 22.8 Å². The highest BCUT2D eigenvalue weighted by Gasteiger charge is 2.36. The first-order chi connectivity index (χ1) is 17.5. The summed E-state index contributed by atoms with van der Waals surface area (Å²) in [5, 5.41) is 10.9. The maximum atomic E-state index is 15.1. The van der Waals surface area contributed by atoms with Gasteiger partial charge in [-0.05, 0) is 55.5 Å². The zero-order valence-electron chi connectivity index (χ0n) is 19.3. The van der Waals surface area contributed by atoms with Crippen LogP contribution >= 0.6 is 0 Å². The summed E-state index contributed by atoms with van der Waals surface area (Å²) in [7, 11) is 0. The molecule has 2 aromatic carbocycles. The summed E-state index contributed by atoms with van der Waals surface area (Å²) in [6, 6.07) is 18.3. The summed E-state index contributed by atoms with van der Waals surface area (Å²) in [4.78, 5) is 28.4. The topological polar surface area (TPSA) is 106 Å². The van der Waals surface area contributed by atoms with E-state index < -0.39 is 23.7 Å². The number of aromatic nitrogens is 3. The maximum absolute atomic E-state index is 15.1. The maximum Gasteiger partial charge on any atom is 0.251 e. The highest BCUT2D eigenvalue weighted by Crippen LogP contribution is 2.31. The molecule has 0 bridgehead atoms. The minimum Gasteiger partial charge on any atom is -0.467 e. The van der Waals surface area contributed by atoms with E-state index in [2.05, 4.69) is 15.6 Å². The molecule has 0 saturated heterocycles. The average molecular weight is 487 g/mol. The molecular weight excluding hydrogens is 465 g/mol. The molecule has 1 atom stereocenters. The number of aryl methyl sites for hydroxylation is 1. The molecule has 0 fully saturated rings. The molecule has 2 amide bonds. The molecule has 0 radical (unpaired) electrons. The Morgan fingerprint density at radius 3 is 2.61 bits per heavy atom.